The number of carbonyl (C=O) groups excluding carboxylic acids is 1. The average molecular weight is 375 g/mol. The molecule has 1 spiro atoms. The van der Waals surface area contributed by atoms with E-state index in [-0.39, 0.29) is 5.41 Å². The van der Waals surface area contributed by atoms with Crippen molar-refractivity contribution in [3.05, 3.63) is 0 Å². The van der Waals surface area contributed by atoms with Crippen LogP contribution in [0.3, 0.4) is 0 Å². The SMILES string of the molecule is CN1CCCC2(CC1)CCN(C(=O)CC13C[C@@H]4C[C@H](CC(O)(C4)C1)C3)CC2. The summed E-state index contributed by atoms with van der Waals surface area (Å²) in [5, 5.41) is 11.0. The molecule has 6 aliphatic rings. The molecule has 1 N–H and O–H groups in total. The summed E-state index contributed by atoms with van der Waals surface area (Å²) in [5.41, 5.74) is 0.177. The highest BCUT2D eigenvalue weighted by molar-refractivity contribution is 5.77. The quantitative estimate of drug-likeness (QED) is 0.805. The zero-order valence-corrected chi connectivity index (χ0v) is 17.2. The zero-order chi connectivity index (χ0) is 18.7. The summed E-state index contributed by atoms with van der Waals surface area (Å²) in [6.07, 6.45) is 13.7. The van der Waals surface area contributed by atoms with Crippen LogP contribution in [0.25, 0.3) is 0 Å². The molecular weight excluding hydrogens is 336 g/mol. The summed E-state index contributed by atoms with van der Waals surface area (Å²) >= 11 is 0. The van der Waals surface area contributed by atoms with E-state index in [0.29, 0.717) is 29.6 Å². The molecule has 1 amide bonds. The van der Waals surface area contributed by atoms with E-state index in [0.717, 1.165) is 32.4 Å². The van der Waals surface area contributed by atoms with Crippen molar-refractivity contribution in [2.45, 2.75) is 82.7 Å². The van der Waals surface area contributed by atoms with Gasteiger partial charge in [0.2, 0.25) is 5.91 Å². The molecule has 27 heavy (non-hydrogen) atoms. The minimum Gasteiger partial charge on any atom is -0.390 e. The number of hydrogen-bond donors (Lipinski definition) is 1. The maximum Gasteiger partial charge on any atom is 0.223 e. The van der Waals surface area contributed by atoms with E-state index in [1.54, 1.807) is 0 Å². The fraction of sp³-hybridized carbons (Fsp3) is 0.957. The van der Waals surface area contributed by atoms with Gasteiger partial charge in [0, 0.05) is 19.5 Å². The maximum atomic E-state index is 13.2. The molecule has 4 saturated carbocycles. The van der Waals surface area contributed by atoms with Gasteiger partial charge in [0.1, 0.15) is 0 Å². The zero-order valence-electron chi connectivity index (χ0n) is 17.2. The molecule has 2 saturated heterocycles. The molecule has 0 aromatic carbocycles. The van der Waals surface area contributed by atoms with Crippen molar-refractivity contribution < 1.29 is 9.90 Å². The van der Waals surface area contributed by atoms with Crippen LogP contribution in [0.15, 0.2) is 0 Å². The standard InChI is InChI=1S/C23H38N2O2/c1-24-7-2-3-21(4-8-24)5-9-25(10-6-21)20(26)16-22-12-18-11-19(13-22)15-23(27,14-18)17-22/h18-19,27H,2-17H2,1H3/t18-,19-,22?,23?/m0/s1. The number of rotatable bonds is 2. The van der Waals surface area contributed by atoms with E-state index in [1.165, 1.54) is 64.5 Å². The number of amides is 1. The van der Waals surface area contributed by atoms with Crippen molar-refractivity contribution in [3.8, 4) is 0 Å². The van der Waals surface area contributed by atoms with Crippen molar-refractivity contribution in [3.63, 3.8) is 0 Å². The van der Waals surface area contributed by atoms with Gasteiger partial charge >= 0.3 is 0 Å². The highest BCUT2D eigenvalue weighted by atomic mass is 16.3. The van der Waals surface area contributed by atoms with Crippen molar-refractivity contribution in [1.82, 2.24) is 9.80 Å². The lowest BCUT2D eigenvalue weighted by atomic mass is 9.47. The predicted octanol–water partition coefficient (Wildman–Crippen LogP) is 3.43. The van der Waals surface area contributed by atoms with E-state index in [9.17, 15) is 9.90 Å². The molecule has 6 rings (SSSR count). The van der Waals surface area contributed by atoms with Crippen LogP contribution in [0.2, 0.25) is 0 Å². The van der Waals surface area contributed by atoms with Crippen LogP contribution in [0, 0.1) is 22.7 Å². The second kappa shape index (κ2) is 6.45. The third-order valence-electron chi connectivity index (χ3n) is 9.13. The van der Waals surface area contributed by atoms with Crippen LogP contribution in [-0.4, -0.2) is 59.6 Å². The number of nitrogens with zero attached hydrogens (tertiary/aromatic N) is 2. The highest BCUT2D eigenvalue weighted by Crippen LogP contribution is 2.63. The Morgan fingerprint density at radius 2 is 1.63 bits per heavy atom. The van der Waals surface area contributed by atoms with E-state index >= 15 is 0 Å². The molecule has 6 fully saturated rings. The Kier molecular flexibility index (Phi) is 4.40. The number of likely N-dealkylation sites (tertiary alicyclic amines) is 2. The molecule has 0 aromatic rings. The number of hydrogen-bond acceptors (Lipinski definition) is 3. The Bertz CT molecular complexity index is 581. The molecule has 4 bridgehead atoms. The summed E-state index contributed by atoms with van der Waals surface area (Å²) in [6.45, 7) is 4.39. The molecule has 152 valence electrons. The first-order valence-electron chi connectivity index (χ1n) is 11.6. The van der Waals surface area contributed by atoms with Gasteiger partial charge in [-0.3, -0.25) is 4.79 Å². The molecule has 0 aromatic heterocycles. The minimum absolute atomic E-state index is 0.121. The van der Waals surface area contributed by atoms with Gasteiger partial charge in [-0.15, -0.1) is 0 Å². The third kappa shape index (κ3) is 3.46. The smallest absolute Gasteiger partial charge is 0.223 e. The van der Waals surface area contributed by atoms with Gasteiger partial charge in [0.15, 0.2) is 0 Å². The van der Waals surface area contributed by atoms with Crippen LogP contribution in [0.1, 0.15) is 77.0 Å². The Labute approximate surface area is 164 Å². The van der Waals surface area contributed by atoms with Crippen molar-refractivity contribution in [1.29, 1.82) is 0 Å². The summed E-state index contributed by atoms with van der Waals surface area (Å²) < 4.78 is 0. The Hall–Kier alpha value is -0.610. The first kappa shape index (κ1) is 18.4. The molecule has 2 heterocycles. The molecule has 4 aliphatic carbocycles. The lowest BCUT2D eigenvalue weighted by molar-refractivity contribution is -0.172. The van der Waals surface area contributed by atoms with Gasteiger partial charge in [-0.05, 0) is 113 Å². The topological polar surface area (TPSA) is 43.8 Å². The molecule has 2 aliphatic heterocycles. The largest absolute Gasteiger partial charge is 0.390 e. The normalized spacial score (nSPS) is 43.9. The monoisotopic (exact) mass is 374 g/mol. The number of piperidine rings is 1. The molecule has 2 atom stereocenters. The van der Waals surface area contributed by atoms with Crippen LogP contribution in [0.5, 0.6) is 0 Å². The Morgan fingerprint density at radius 3 is 2.30 bits per heavy atom. The second-order valence-corrected chi connectivity index (χ2v) is 11.4. The van der Waals surface area contributed by atoms with E-state index in [4.69, 9.17) is 0 Å². The van der Waals surface area contributed by atoms with Gasteiger partial charge in [0.05, 0.1) is 5.60 Å². The average Bonchev–Trinajstić information content (AvgIpc) is 2.75. The lowest BCUT2D eigenvalue weighted by Gasteiger charge is -2.60. The van der Waals surface area contributed by atoms with E-state index in [2.05, 4.69) is 16.8 Å². The highest BCUT2D eigenvalue weighted by Gasteiger charge is 2.57. The van der Waals surface area contributed by atoms with Crippen molar-refractivity contribution in [2.24, 2.45) is 22.7 Å². The van der Waals surface area contributed by atoms with Crippen LogP contribution >= 0.6 is 0 Å². The van der Waals surface area contributed by atoms with Crippen molar-refractivity contribution in [2.75, 3.05) is 33.2 Å². The second-order valence-electron chi connectivity index (χ2n) is 11.4. The third-order valence-corrected chi connectivity index (χ3v) is 9.13. The van der Waals surface area contributed by atoms with Gasteiger partial charge in [-0.2, -0.15) is 0 Å². The van der Waals surface area contributed by atoms with Gasteiger partial charge < -0.3 is 14.9 Å². The van der Waals surface area contributed by atoms with Crippen molar-refractivity contribution >= 4 is 5.91 Å². The molecule has 4 heteroatoms. The maximum absolute atomic E-state index is 13.2. The van der Waals surface area contributed by atoms with Gasteiger partial charge in [0.25, 0.3) is 0 Å². The van der Waals surface area contributed by atoms with Crippen LogP contribution in [0.4, 0.5) is 0 Å². The fourth-order valence-electron chi connectivity index (χ4n) is 8.16. The summed E-state index contributed by atoms with van der Waals surface area (Å²) in [5.74, 6) is 1.74. The summed E-state index contributed by atoms with van der Waals surface area (Å²) in [7, 11) is 2.25. The van der Waals surface area contributed by atoms with Crippen LogP contribution in [-0.2, 0) is 4.79 Å². The molecule has 4 nitrogen and oxygen atoms in total. The summed E-state index contributed by atoms with van der Waals surface area (Å²) in [6, 6.07) is 0. The Balaban J connectivity index is 1.21. The number of aliphatic hydroxyl groups is 1. The molecule has 0 radical (unpaired) electrons. The Morgan fingerprint density at radius 1 is 0.963 bits per heavy atom. The van der Waals surface area contributed by atoms with Gasteiger partial charge in [-0.1, -0.05) is 0 Å². The minimum atomic E-state index is -0.442. The summed E-state index contributed by atoms with van der Waals surface area (Å²) in [4.78, 5) is 17.9. The first-order valence-corrected chi connectivity index (χ1v) is 11.6. The number of carbonyl (C=O) groups is 1. The predicted molar refractivity (Wildman–Crippen MR) is 106 cm³/mol. The van der Waals surface area contributed by atoms with E-state index < -0.39 is 5.60 Å². The first-order chi connectivity index (χ1) is 12.9. The fourth-order valence-corrected chi connectivity index (χ4v) is 8.16. The van der Waals surface area contributed by atoms with Crippen LogP contribution < -0.4 is 0 Å². The lowest BCUT2D eigenvalue weighted by Crippen LogP contribution is -2.57. The van der Waals surface area contributed by atoms with E-state index in [1.807, 2.05) is 0 Å². The molecule has 0 unspecified atom stereocenters. The molecular formula is C23H38N2O2. The van der Waals surface area contributed by atoms with Gasteiger partial charge in [-0.25, -0.2) is 0 Å².